The maximum absolute atomic E-state index is 10.5. The molecule has 0 spiro atoms. The zero-order valence-electron chi connectivity index (χ0n) is 9.90. The summed E-state index contributed by atoms with van der Waals surface area (Å²) in [4.78, 5) is 14.9. The molecule has 2 N–H and O–H groups in total. The van der Waals surface area contributed by atoms with Gasteiger partial charge in [-0.1, -0.05) is 6.07 Å². The average Bonchev–Trinajstić information content (AvgIpc) is 2.63. The number of carboxylic acid groups (broad SMARTS) is 1. The highest BCUT2D eigenvalue weighted by molar-refractivity contribution is 5.77. The Morgan fingerprint density at radius 1 is 1.53 bits per heavy atom. The number of hydrogen-bond acceptors (Lipinski definition) is 2. The summed E-state index contributed by atoms with van der Waals surface area (Å²) in [5, 5.41) is 11.0. The van der Waals surface area contributed by atoms with E-state index in [-0.39, 0.29) is 6.54 Å². The molecule has 1 amide bonds. The van der Waals surface area contributed by atoms with Crippen LogP contribution in [0.3, 0.4) is 0 Å². The molecule has 0 aliphatic rings. The van der Waals surface area contributed by atoms with Gasteiger partial charge < -0.3 is 15.0 Å². The van der Waals surface area contributed by atoms with Crippen LogP contribution in [0.5, 0.6) is 0 Å². The summed E-state index contributed by atoms with van der Waals surface area (Å²) in [7, 11) is 0. The highest BCUT2D eigenvalue weighted by Gasteiger charge is 2.09. The second-order valence-electron chi connectivity index (χ2n) is 3.92. The third-order valence-electron chi connectivity index (χ3n) is 2.70. The maximum atomic E-state index is 10.5. The average molecular weight is 233 g/mol. The maximum Gasteiger partial charge on any atom is 0.405 e. The standard InChI is InChI=1S/C12H15N3O2/c1-3-15-10-6-8(2)4-5-9(10)14-11(15)7-13-12(16)17/h4-6,13H,3,7H2,1-2H3,(H,16,17). The Morgan fingerprint density at radius 3 is 2.94 bits per heavy atom. The number of imidazole rings is 1. The Labute approximate surface area is 99.1 Å². The predicted octanol–water partition coefficient (Wildman–Crippen LogP) is 2.13. The molecule has 0 saturated heterocycles. The smallest absolute Gasteiger partial charge is 0.405 e. The number of amides is 1. The fraction of sp³-hybridized carbons (Fsp3) is 0.333. The van der Waals surface area contributed by atoms with Crippen molar-refractivity contribution in [2.75, 3.05) is 0 Å². The lowest BCUT2D eigenvalue weighted by atomic mass is 10.2. The number of aromatic nitrogens is 2. The van der Waals surface area contributed by atoms with Gasteiger partial charge in [0.15, 0.2) is 0 Å². The summed E-state index contributed by atoms with van der Waals surface area (Å²) < 4.78 is 2.03. The lowest BCUT2D eigenvalue weighted by molar-refractivity contribution is 0.193. The molecule has 17 heavy (non-hydrogen) atoms. The lowest BCUT2D eigenvalue weighted by Crippen LogP contribution is -2.22. The molecule has 0 saturated carbocycles. The number of hydrogen-bond donors (Lipinski definition) is 2. The van der Waals surface area contributed by atoms with Crippen molar-refractivity contribution in [3.8, 4) is 0 Å². The van der Waals surface area contributed by atoms with Crippen molar-refractivity contribution in [1.82, 2.24) is 14.9 Å². The SMILES string of the molecule is CCn1c(CNC(=O)O)nc2ccc(C)cc21. The quantitative estimate of drug-likeness (QED) is 0.853. The number of carbonyl (C=O) groups is 1. The number of fused-ring (bicyclic) bond motifs is 1. The minimum Gasteiger partial charge on any atom is -0.465 e. The van der Waals surface area contributed by atoms with E-state index >= 15 is 0 Å². The molecule has 90 valence electrons. The molecule has 5 nitrogen and oxygen atoms in total. The van der Waals surface area contributed by atoms with Gasteiger partial charge in [0.05, 0.1) is 17.6 Å². The van der Waals surface area contributed by atoms with Crippen LogP contribution in [0.15, 0.2) is 18.2 Å². The Hall–Kier alpha value is -2.04. The molecule has 0 aliphatic heterocycles. The van der Waals surface area contributed by atoms with Gasteiger partial charge in [-0.25, -0.2) is 9.78 Å². The summed E-state index contributed by atoms with van der Waals surface area (Å²) in [6.07, 6.45) is -1.03. The van der Waals surface area contributed by atoms with Crippen LogP contribution < -0.4 is 5.32 Å². The first-order valence-corrected chi connectivity index (χ1v) is 5.54. The second-order valence-corrected chi connectivity index (χ2v) is 3.92. The summed E-state index contributed by atoms with van der Waals surface area (Å²) in [6.45, 7) is 5.06. The van der Waals surface area contributed by atoms with E-state index in [1.807, 2.05) is 30.5 Å². The molecule has 0 unspecified atom stereocenters. The molecule has 2 aromatic rings. The van der Waals surface area contributed by atoms with E-state index in [2.05, 4.69) is 16.4 Å². The molecule has 0 fully saturated rings. The highest BCUT2D eigenvalue weighted by Crippen LogP contribution is 2.17. The number of aryl methyl sites for hydroxylation is 2. The fourth-order valence-corrected chi connectivity index (χ4v) is 1.93. The summed E-state index contributed by atoms with van der Waals surface area (Å²) >= 11 is 0. The molecular weight excluding hydrogens is 218 g/mol. The minimum absolute atomic E-state index is 0.233. The zero-order valence-corrected chi connectivity index (χ0v) is 9.90. The Balaban J connectivity index is 2.45. The predicted molar refractivity (Wildman–Crippen MR) is 65.0 cm³/mol. The van der Waals surface area contributed by atoms with Gasteiger partial charge in [0, 0.05) is 6.54 Å². The zero-order chi connectivity index (χ0) is 12.4. The molecule has 2 rings (SSSR count). The Bertz CT molecular complexity index is 560. The van der Waals surface area contributed by atoms with Crippen molar-refractivity contribution >= 4 is 17.1 Å². The summed E-state index contributed by atoms with van der Waals surface area (Å²) in [5.41, 5.74) is 3.12. The molecule has 1 aromatic carbocycles. The molecule has 1 aromatic heterocycles. The molecule has 5 heteroatoms. The fourth-order valence-electron chi connectivity index (χ4n) is 1.93. The van der Waals surface area contributed by atoms with Crippen molar-refractivity contribution < 1.29 is 9.90 Å². The molecule has 0 bridgehead atoms. The van der Waals surface area contributed by atoms with Crippen LogP contribution in [0.2, 0.25) is 0 Å². The van der Waals surface area contributed by atoms with Gasteiger partial charge in [0.2, 0.25) is 0 Å². The molecule has 0 radical (unpaired) electrons. The van der Waals surface area contributed by atoms with Crippen molar-refractivity contribution in [2.45, 2.75) is 26.9 Å². The van der Waals surface area contributed by atoms with Crippen LogP contribution in [0.1, 0.15) is 18.3 Å². The molecule has 1 heterocycles. The first kappa shape index (κ1) is 11.4. The normalized spacial score (nSPS) is 10.7. The van der Waals surface area contributed by atoms with Crippen LogP contribution in [0.4, 0.5) is 4.79 Å². The van der Waals surface area contributed by atoms with Gasteiger partial charge in [0.25, 0.3) is 0 Å². The highest BCUT2D eigenvalue weighted by atomic mass is 16.4. The summed E-state index contributed by atoms with van der Waals surface area (Å²) in [5.74, 6) is 0.746. The second kappa shape index (κ2) is 4.45. The van der Waals surface area contributed by atoms with Crippen molar-refractivity contribution in [1.29, 1.82) is 0 Å². The number of benzene rings is 1. The van der Waals surface area contributed by atoms with Gasteiger partial charge in [0.1, 0.15) is 5.82 Å². The third-order valence-corrected chi connectivity index (χ3v) is 2.70. The van der Waals surface area contributed by atoms with E-state index in [0.29, 0.717) is 0 Å². The van der Waals surface area contributed by atoms with Gasteiger partial charge in [-0.05, 0) is 31.5 Å². The van der Waals surface area contributed by atoms with Gasteiger partial charge in [-0.2, -0.15) is 0 Å². The van der Waals surface area contributed by atoms with Crippen molar-refractivity contribution in [3.05, 3.63) is 29.6 Å². The number of nitrogens with one attached hydrogen (secondary N) is 1. The third kappa shape index (κ3) is 2.22. The van der Waals surface area contributed by atoms with E-state index in [0.717, 1.165) is 23.4 Å². The van der Waals surface area contributed by atoms with E-state index in [9.17, 15) is 4.79 Å². The molecule has 0 atom stereocenters. The van der Waals surface area contributed by atoms with E-state index < -0.39 is 6.09 Å². The Kier molecular flexibility index (Phi) is 2.99. The van der Waals surface area contributed by atoms with Crippen molar-refractivity contribution in [3.63, 3.8) is 0 Å². The van der Waals surface area contributed by atoms with E-state index in [4.69, 9.17) is 5.11 Å². The summed E-state index contributed by atoms with van der Waals surface area (Å²) in [6, 6.07) is 6.03. The van der Waals surface area contributed by atoms with Crippen LogP contribution in [0, 0.1) is 6.92 Å². The monoisotopic (exact) mass is 233 g/mol. The van der Waals surface area contributed by atoms with Gasteiger partial charge in [-0.15, -0.1) is 0 Å². The minimum atomic E-state index is -1.03. The van der Waals surface area contributed by atoms with Crippen LogP contribution in [0.25, 0.3) is 11.0 Å². The van der Waals surface area contributed by atoms with Crippen LogP contribution in [-0.2, 0) is 13.1 Å². The molecular formula is C12H15N3O2. The van der Waals surface area contributed by atoms with E-state index in [1.165, 1.54) is 5.56 Å². The Morgan fingerprint density at radius 2 is 2.29 bits per heavy atom. The topological polar surface area (TPSA) is 67.2 Å². The first-order chi connectivity index (χ1) is 8.11. The van der Waals surface area contributed by atoms with Gasteiger partial charge in [-0.3, -0.25) is 0 Å². The number of nitrogens with zero attached hydrogens (tertiary/aromatic N) is 2. The largest absolute Gasteiger partial charge is 0.465 e. The first-order valence-electron chi connectivity index (χ1n) is 5.54. The number of rotatable bonds is 3. The lowest BCUT2D eigenvalue weighted by Gasteiger charge is -2.05. The van der Waals surface area contributed by atoms with Gasteiger partial charge >= 0.3 is 6.09 Å². The molecule has 0 aliphatic carbocycles. The van der Waals surface area contributed by atoms with Crippen molar-refractivity contribution in [2.24, 2.45) is 0 Å². The van der Waals surface area contributed by atoms with E-state index in [1.54, 1.807) is 0 Å². The van der Waals surface area contributed by atoms with Crippen LogP contribution in [-0.4, -0.2) is 20.8 Å². The van der Waals surface area contributed by atoms with Crippen LogP contribution >= 0.6 is 0 Å².